The summed E-state index contributed by atoms with van der Waals surface area (Å²) in [5.74, 6) is 1.37. The number of benzene rings is 1. The zero-order chi connectivity index (χ0) is 17.2. The molecule has 3 fully saturated rings. The van der Waals surface area contributed by atoms with E-state index in [-0.39, 0.29) is 12.0 Å². The van der Waals surface area contributed by atoms with Crippen molar-refractivity contribution >= 4 is 5.91 Å². The van der Waals surface area contributed by atoms with Crippen molar-refractivity contribution in [1.29, 1.82) is 0 Å². The van der Waals surface area contributed by atoms with Gasteiger partial charge in [-0.3, -0.25) is 4.79 Å². The predicted octanol–water partition coefficient (Wildman–Crippen LogP) is 2.98. The highest BCUT2D eigenvalue weighted by molar-refractivity contribution is 5.95. The number of likely N-dealkylation sites (tertiary alicyclic amines) is 1. The van der Waals surface area contributed by atoms with Crippen LogP contribution in [0.1, 0.15) is 55.3 Å². The average Bonchev–Trinajstić information content (AvgIpc) is 3.39. The quantitative estimate of drug-likeness (QED) is 0.862. The smallest absolute Gasteiger partial charge is 0.251 e. The molecular formula is C20H28N2O3. The van der Waals surface area contributed by atoms with Gasteiger partial charge in [0.05, 0.1) is 7.11 Å². The molecule has 0 spiro atoms. The number of nitrogens with zero attached hydrogens (tertiary/aromatic N) is 1. The van der Waals surface area contributed by atoms with Crippen LogP contribution in [0.3, 0.4) is 0 Å². The molecule has 1 aliphatic heterocycles. The second-order valence-corrected chi connectivity index (χ2v) is 7.55. The summed E-state index contributed by atoms with van der Waals surface area (Å²) in [5, 5.41) is 3.03. The molecule has 5 nitrogen and oxygen atoms in total. The van der Waals surface area contributed by atoms with Gasteiger partial charge in [-0.05, 0) is 56.7 Å². The summed E-state index contributed by atoms with van der Waals surface area (Å²) in [6.45, 7) is 2.22. The van der Waals surface area contributed by atoms with Gasteiger partial charge in [0, 0.05) is 30.7 Å². The third-order valence-corrected chi connectivity index (χ3v) is 5.70. The van der Waals surface area contributed by atoms with E-state index < -0.39 is 0 Å². The van der Waals surface area contributed by atoms with E-state index in [1.54, 1.807) is 7.11 Å². The lowest BCUT2D eigenvalue weighted by Gasteiger charge is -2.41. The van der Waals surface area contributed by atoms with Gasteiger partial charge in [-0.15, -0.1) is 0 Å². The fraction of sp³-hybridized carbons (Fsp3) is 0.650. The number of rotatable bonds is 6. The molecule has 1 saturated heterocycles. The van der Waals surface area contributed by atoms with E-state index in [9.17, 15) is 4.79 Å². The van der Waals surface area contributed by atoms with Crippen LogP contribution in [0, 0.1) is 0 Å². The Hall–Kier alpha value is -1.75. The molecule has 1 aromatic rings. The van der Waals surface area contributed by atoms with E-state index in [0.29, 0.717) is 23.1 Å². The summed E-state index contributed by atoms with van der Waals surface area (Å²) in [7, 11) is 1.64. The average molecular weight is 344 g/mol. The molecule has 4 rings (SSSR count). The number of nitrogens with one attached hydrogen (secondary N) is 1. The van der Waals surface area contributed by atoms with Crippen molar-refractivity contribution < 1.29 is 14.3 Å². The first-order valence-corrected chi connectivity index (χ1v) is 9.62. The molecule has 0 unspecified atom stereocenters. The van der Waals surface area contributed by atoms with E-state index in [0.717, 1.165) is 44.8 Å². The summed E-state index contributed by atoms with van der Waals surface area (Å²) < 4.78 is 11.7. The number of carbonyl (C=O) groups is 1. The van der Waals surface area contributed by atoms with Gasteiger partial charge < -0.3 is 19.7 Å². The number of methoxy groups -OCH3 is 1. The summed E-state index contributed by atoms with van der Waals surface area (Å²) in [5.41, 5.74) is 0.648. The molecule has 3 aliphatic rings. The van der Waals surface area contributed by atoms with Crippen molar-refractivity contribution in [3.05, 3.63) is 23.8 Å². The molecule has 5 heteroatoms. The van der Waals surface area contributed by atoms with E-state index in [4.69, 9.17) is 9.47 Å². The highest BCUT2D eigenvalue weighted by atomic mass is 16.5. The minimum Gasteiger partial charge on any atom is -0.493 e. The van der Waals surface area contributed by atoms with Crippen LogP contribution in [0.25, 0.3) is 0 Å². The third kappa shape index (κ3) is 3.92. The van der Waals surface area contributed by atoms with E-state index in [1.807, 2.05) is 18.2 Å². The van der Waals surface area contributed by atoms with Crippen LogP contribution in [-0.2, 0) is 0 Å². The maximum absolute atomic E-state index is 12.3. The Labute approximate surface area is 149 Å². The van der Waals surface area contributed by atoms with Crippen LogP contribution in [0.2, 0.25) is 0 Å². The van der Waals surface area contributed by atoms with Gasteiger partial charge >= 0.3 is 0 Å². The lowest BCUT2D eigenvalue weighted by atomic mass is 9.90. The van der Waals surface area contributed by atoms with Gasteiger partial charge in [0.25, 0.3) is 5.91 Å². The Kier molecular flexibility index (Phi) is 4.84. The summed E-state index contributed by atoms with van der Waals surface area (Å²) >= 11 is 0. The third-order valence-electron chi connectivity index (χ3n) is 5.70. The molecule has 2 saturated carbocycles. The van der Waals surface area contributed by atoms with Gasteiger partial charge in [0.1, 0.15) is 6.10 Å². The van der Waals surface area contributed by atoms with Gasteiger partial charge in [-0.2, -0.15) is 0 Å². The first-order valence-electron chi connectivity index (χ1n) is 9.62. The predicted molar refractivity (Wildman–Crippen MR) is 96.3 cm³/mol. The second kappa shape index (κ2) is 7.24. The maximum atomic E-state index is 12.3. The standard InChI is InChI=1S/C20H28N2O3/c1-24-18-8-5-14(20(23)21-15-6-7-15)13-19(18)25-17-9-11-22(12-10-17)16-3-2-4-16/h5,8,13,15-17H,2-4,6-7,9-12H2,1H3,(H,21,23). The summed E-state index contributed by atoms with van der Waals surface area (Å²) in [6, 6.07) is 6.64. The molecule has 0 radical (unpaired) electrons. The van der Waals surface area contributed by atoms with Gasteiger partial charge in [0.15, 0.2) is 11.5 Å². The number of hydrogen-bond acceptors (Lipinski definition) is 4. The first-order chi connectivity index (χ1) is 12.2. The molecule has 1 heterocycles. The summed E-state index contributed by atoms with van der Waals surface area (Å²) in [6.07, 6.45) is 8.56. The molecule has 0 atom stereocenters. The Morgan fingerprint density at radius 2 is 1.84 bits per heavy atom. The lowest BCUT2D eigenvalue weighted by Crippen LogP contribution is -2.46. The van der Waals surface area contributed by atoms with Crippen LogP contribution in [0.5, 0.6) is 11.5 Å². The van der Waals surface area contributed by atoms with Crippen molar-refractivity contribution in [2.45, 2.75) is 63.1 Å². The number of hydrogen-bond donors (Lipinski definition) is 1. The lowest BCUT2D eigenvalue weighted by molar-refractivity contribution is 0.0482. The molecule has 1 aromatic carbocycles. The topological polar surface area (TPSA) is 50.8 Å². The first kappa shape index (κ1) is 16.7. The van der Waals surface area contributed by atoms with Crippen molar-refractivity contribution in [3.8, 4) is 11.5 Å². The number of amides is 1. The minimum absolute atomic E-state index is 0.0187. The fourth-order valence-corrected chi connectivity index (χ4v) is 3.70. The second-order valence-electron chi connectivity index (χ2n) is 7.55. The highest BCUT2D eigenvalue weighted by Crippen LogP contribution is 2.33. The zero-order valence-electron chi connectivity index (χ0n) is 15.0. The molecule has 0 aromatic heterocycles. The zero-order valence-corrected chi connectivity index (χ0v) is 15.0. The number of piperidine rings is 1. The molecule has 0 bridgehead atoms. The van der Waals surface area contributed by atoms with Gasteiger partial charge in [0.2, 0.25) is 0 Å². The molecule has 1 N–H and O–H groups in total. The fourth-order valence-electron chi connectivity index (χ4n) is 3.70. The maximum Gasteiger partial charge on any atom is 0.251 e. The van der Waals surface area contributed by atoms with Crippen molar-refractivity contribution in [2.24, 2.45) is 0 Å². The van der Waals surface area contributed by atoms with E-state index in [1.165, 1.54) is 19.3 Å². The van der Waals surface area contributed by atoms with Crippen molar-refractivity contribution in [3.63, 3.8) is 0 Å². The van der Waals surface area contributed by atoms with Crippen LogP contribution in [0.15, 0.2) is 18.2 Å². The molecule has 2 aliphatic carbocycles. The van der Waals surface area contributed by atoms with Crippen molar-refractivity contribution in [2.75, 3.05) is 20.2 Å². The van der Waals surface area contributed by atoms with Crippen LogP contribution < -0.4 is 14.8 Å². The van der Waals surface area contributed by atoms with Crippen molar-refractivity contribution in [1.82, 2.24) is 10.2 Å². The largest absolute Gasteiger partial charge is 0.493 e. The van der Waals surface area contributed by atoms with Gasteiger partial charge in [-0.1, -0.05) is 6.42 Å². The summed E-state index contributed by atoms with van der Waals surface area (Å²) in [4.78, 5) is 14.9. The Balaban J connectivity index is 1.39. The van der Waals surface area contributed by atoms with Crippen LogP contribution >= 0.6 is 0 Å². The normalized spacial score (nSPS) is 22.3. The van der Waals surface area contributed by atoms with Crippen LogP contribution in [-0.4, -0.2) is 49.2 Å². The Bertz CT molecular complexity index is 617. The Morgan fingerprint density at radius 1 is 1.08 bits per heavy atom. The molecule has 25 heavy (non-hydrogen) atoms. The molecular weight excluding hydrogens is 316 g/mol. The molecule has 1 amide bonds. The Morgan fingerprint density at radius 3 is 2.44 bits per heavy atom. The minimum atomic E-state index is -0.0187. The highest BCUT2D eigenvalue weighted by Gasteiger charge is 2.30. The van der Waals surface area contributed by atoms with E-state index in [2.05, 4.69) is 10.2 Å². The monoisotopic (exact) mass is 344 g/mol. The van der Waals surface area contributed by atoms with Crippen LogP contribution in [0.4, 0.5) is 0 Å². The number of carbonyl (C=O) groups excluding carboxylic acids is 1. The number of ether oxygens (including phenoxy) is 2. The van der Waals surface area contributed by atoms with E-state index >= 15 is 0 Å². The SMILES string of the molecule is COc1ccc(C(=O)NC2CC2)cc1OC1CCN(C2CCC2)CC1. The van der Waals surface area contributed by atoms with Gasteiger partial charge in [-0.25, -0.2) is 0 Å². The molecule has 136 valence electrons.